The lowest BCUT2D eigenvalue weighted by Gasteiger charge is -2.48. The Morgan fingerprint density at radius 3 is 2.71 bits per heavy atom. The summed E-state index contributed by atoms with van der Waals surface area (Å²) in [4.78, 5) is 2.61. The maximum absolute atomic E-state index is 10.6. The zero-order valence-corrected chi connectivity index (χ0v) is 11.6. The lowest BCUT2D eigenvalue weighted by molar-refractivity contribution is -0.0972. The minimum Gasteiger partial charge on any atom is -0.390 e. The number of hydrogen-bond acceptors (Lipinski definition) is 2. The largest absolute Gasteiger partial charge is 0.390 e. The minimum absolute atomic E-state index is 0.303. The summed E-state index contributed by atoms with van der Waals surface area (Å²) in [6, 6.07) is 0. The first-order valence-corrected chi connectivity index (χ1v) is 7.62. The van der Waals surface area contributed by atoms with Crippen LogP contribution in [0.1, 0.15) is 58.8 Å². The highest BCUT2D eigenvalue weighted by Gasteiger charge is 2.42. The van der Waals surface area contributed by atoms with Crippen molar-refractivity contribution in [1.82, 2.24) is 4.90 Å². The number of likely N-dealkylation sites (tertiary alicyclic amines) is 1. The highest BCUT2D eigenvalue weighted by atomic mass is 16.3. The molecule has 0 radical (unpaired) electrons. The van der Waals surface area contributed by atoms with Crippen molar-refractivity contribution in [2.24, 2.45) is 11.8 Å². The van der Waals surface area contributed by atoms with Gasteiger partial charge in [0.2, 0.25) is 0 Å². The molecule has 2 fully saturated rings. The Balaban J connectivity index is 1.88. The van der Waals surface area contributed by atoms with Crippen molar-refractivity contribution < 1.29 is 5.11 Å². The lowest BCUT2D eigenvalue weighted by atomic mass is 9.71. The van der Waals surface area contributed by atoms with Gasteiger partial charge in [-0.2, -0.15) is 0 Å². The second-order valence-corrected chi connectivity index (χ2v) is 6.24. The summed E-state index contributed by atoms with van der Waals surface area (Å²) < 4.78 is 0. The van der Waals surface area contributed by atoms with Crippen LogP contribution in [0.3, 0.4) is 0 Å². The van der Waals surface area contributed by atoms with Gasteiger partial charge >= 0.3 is 0 Å². The van der Waals surface area contributed by atoms with Gasteiger partial charge in [0.15, 0.2) is 0 Å². The molecule has 0 aromatic carbocycles. The molecule has 0 spiro atoms. The number of rotatable bonds is 4. The summed E-state index contributed by atoms with van der Waals surface area (Å²) >= 11 is 0. The maximum atomic E-state index is 10.6. The fraction of sp³-hybridized carbons (Fsp3) is 1.00. The van der Waals surface area contributed by atoms with Crippen LogP contribution >= 0.6 is 0 Å². The highest BCUT2D eigenvalue weighted by Crippen LogP contribution is 2.39. The Hall–Kier alpha value is -0.0800. The molecule has 1 aliphatic heterocycles. The third kappa shape index (κ3) is 3.03. The van der Waals surface area contributed by atoms with Crippen LogP contribution in [0.5, 0.6) is 0 Å². The second kappa shape index (κ2) is 5.71. The van der Waals surface area contributed by atoms with Crippen LogP contribution in [0, 0.1) is 11.8 Å². The van der Waals surface area contributed by atoms with Gasteiger partial charge in [0.1, 0.15) is 0 Å². The molecule has 2 rings (SSSR count). The smallest absolute Gasteiger partial charge is 0.0700 e. The second-order valence-electron chi connectivity index (χ2n) is 6.24. The molecule has 1 heterocycles. The van der Waals surface area contributed by atoms with Crippen molar-refractivity contribution in [3.8, 4) is 0 Å². The molecule has 1 saturated carbocycles. The fourth-order valence-electron chi connectivity index (χ4n) is 3.72. The summed E-state index contributed by atoms with van der Waals surface area (Å²) in [6.45, 7) is 8.11. The van der Waals surface area contributed by atoms with Gasteiger partial charge in [-0.25, -0.2) is 0 Å². The monoisotopic (exact) mass is 239 g/mol. The summed E-state index contributed by atoms with van der Waals surface area (Å²) in [7, 11) is 0. The molecular weight excluding hydrogens is 210 g/mol. The Bertz CT molecular complexity index is 239. The highest BCUT2D eigenvalue weighted by molar-refractivity contribution is 4.95. The van der Waals surface area contributed by atoms with Crippen molar-refractivity contribution >= 4 is 0 Å². The van der Waals surface area contributed by atoms with E-state index in [0.29, 0.717) is 5.92 Å². The molecule has 100 valence electrons. The van der Waals surface area contributed by atoms with Crippen molar-refractivity contribution in [2.45, 2.75) is 64.4 Å². The van der Waals surface area contributed by atoms with Gasteiger partial charge in [-0.3, -0.25) is 0 Å². The average molecular weight is 239 g/mol. The molecule has 2 aliphatic rings. The van der Waals surface area contributed by atoms with Gasteiger partial charge in [0, 0.05) is 25.6 Å². The van der Waals surface area contributed by atoms with Crippen LogP contribution in [-0.2, 0) is 0 Å². The topological polar surface area (TPSA) is 23.5 Å². The van der Waals surface area contributed by atoms with Crippen molar-refractivity contribution in [3.05, 3.63) is 0 Å². The molecule has 17 heavy (non-hydrogen) atoms. The third-order valence-corrected chi connectivity index (χ3v) is 5.18. The first-order valence-electron chi connectivity index (χ1n) is 7.62. The first-order chi connectivity index (χ1) is 8.18. The molecule has 1 N–H and O–H groups in total. The van der Waals surface area contributed by atoms with E-state index in [9.17, 15) is 5.11 Å². The molecule has 2 unspecified atom stereocenters. The van der Waals surface area contributed by atoms with E-state index in [1.54, 1.807) is 0 Å². The number of hydrogen-bond donors (Lipinski definition) is 1. The fourth-order valence-corrected chi connectivity index (χ4v) is 3.72. The summed E-state index contributed by atoms with van der Waals surface area (Å²) in [5.41, 5.74) is -0.303. The number of nitrogens with zero attached hydrogens (tertiary/aromatic N) is 1. The molecule has 2 nitrogen and oxygen atoms in total. The Morgan fingerprint density at radius 1 is 1.24 bits per heavy atom. The lowest BCUT2D eigenvalue weighted by Crippen LogP contribution is -2.53. The first kappa shape index (κ1) is 13.4. The Labute approximate surface area is 106 Å². The molecule has 2 heteroatoms. The van der Waals surface area contributed by atoms with Crippen LogP contribution in [-0.4, -0.2) is 35.2 Å². The van der Waals surface area contributed by atoms with E-state index < -0.39 is 0 Å². The summed E-state index contributed by atoms with van der Waals surface area (Å²) in [5, 5.41) is 10.6. The number of aliphatic hydroxyl groups is 1. The average Bonchev–Trinajstić information content (AvgIpc) is 2.35. The number of fused-ring (bicyclic) bond motifs is 1. The van der Waals surface area contributed by atoms with Crippen LogP contribution in [0.4, 0.5) is 0 Å². The standard InChI is InChI=1S/C15H29NO/c1-3-13(4-2)11-16-10-9-15(17)8-6-5-7-14(15)12-16/h13-14,17H,3-12H2,1-2H3. The van der Waals surface area contributed by atoms with Crippen molar-refractivity contribution in [1.29, 1.82) is 0 Å². The van der Waals surface area contributed by atoms with E-state index in [0.717, 1.165) is 31.8 Å². The van der Waals surface area contributed by atoms with Gasteiger partial charge in [-0.05, 0) is 25.2 Å². The zero-order valence-electron chi connectivity index (χ0n) is 11.6. The quantitative estimate of drug-likeness (QED) is 0.815. The Morgan fingerprint density at radius 2 is 2.00 bits per heavy atom. The SMILES string of the molecule is CCC(CC)CN1CCC2(O)CCCCC2C1. The minimum atomic E-state index is -0.303. The van der Waals surface area contributed by atoms with Crippen LogP contribution in [0.2, 0.25) is 0 Å². The van der Waals surface area contributed by atoms with Gasteiger partial charge in [0.25, 0.3) is 0 Å². The molecule has 1 saturated heterocycles. The van der Waals surface area contributed by atoms with Gasteiger partial charge in [-0.1, -0.05) is 39.5 Å². The molecule has 2 atom stereocenters. The van der Waals surface area contributed by atoms with Crippen molar-refractivity contribution in [3.63, 3.8) is 0 Å². The summed E-state index contributed by atoms with van der Waals surface area (Å²) in [5.74, 6) is 1.41. The maximum Gasteiger partial charge on any atom is 0.0700 e. The van der Waals surface area contributed by atoms with E-state index in [2.05, 4.69) is 18.7 Å². The van der Waals surface area contributed by atoms with Crippen LogP contribution < -0.4 is 0 Å². The predicted octanol–water partition coefficient (Wildman–Crippen LogP) is 3.05. The number of piperidine rings is 1. The van der Waals surface area contributed by atoms with E-state index in [1.807, 2.05) is 0 Å². The molecule has 1 aliphatic carbocycles. The van der Waals surface area contributed by atoms with Crippen LogP contribution in [0.15, 0.2) is 0 Å². The molecule has 0 bridgehead atoms. The van der Waals surface area contributed by atoms with Crippen LogP contribution in [0.25, 0.3) is 0 Å². The summed E-state index contributed by atoms with van der Waals surface area (Å²) in [6.07, 6.45) is 8.46. The van der Waals surface area contributed by atoms with E-state index in [4.69, 9.17) is 0 Å². The molecular formula is C15H29NO. The zero-order chi connectivity index (χ0) is 12.3. The van der Waals surface area contributed by atoms with Gasteiger partial charge in [0.05, 0.1) is 5.60 Å². The van der Waals surface area contributed by atoms with E-state index >= 15 is 0 Å². The predicted molar refractivity (Wildman–Crippen MR) is 72.0 cm³/mol. The third-order valence-electron chi connectivity index (χ3n) is 5.18. The van der Waals surface area contributed by atoms with Gasteiger partial charge < -0.3 is 10.0 Å². The van der Waals surface area contributed by atoms with Crippen molar-refractivity contribution in [2.75, 3.05) is 19.6 Å². The van der Waals surface area contributed by atoms with Gasteiger partial charge in [-0.15, -0.1) is 0 Å². The molecule has 0 aromatic heterocycles. The molecule has 0 amide bonds. The normalized spacial score (nSPS) is 34.9. The molecule has 0 aromatic rings. The van der Waals surface area contributed by atoms with E-state index in [1.165, 1.54) is 38.6 Å². The van der Waals surface area contributed by atoms with E-state index in [-0.39, 0.29) is 5.60 Å². The Kier molecular flexibility index (Phi) is 4.48.